The maximum absolute atomic E-state index is 12.2. The van der Waals surface area contributed by atoms with Crippen molar-refractivity contribution < 1.29 is 4.79 Å². The average molecular weight is 304 g/mol. The summed E-state index contributed by atoms with van der Waals surface area (Å²) in [5, 5.41) is 3.18. The zero-order chi connectivity index (χ0) is 14.5. The smallest absolute Gasteiger partial charge is 0.233 e. The molecule has 0 spiro atoms. The second kappa shape index (κ2) is 7.32. The van der Waals surface area contributed by atoms with Crippen molar-refractivity contribution in [3.8, 4) is 0 Å². The molecule has 0 aromatic heterocycles. The number of rotatable bonds is 5. The van der Waals surface area contributed by atoms with Crippen LogP contribution >= 0.6 is 11.8 Å². The maximum Gasteiger partial charge on any atom is 0.233 e. The van der Waals surface area contributed by atoms with Crippen LogP contribution in [-0.4, -0.2) is 42.2 Å². The van der Waals surface area contributed by atoms with E-state index in [4.69, 9.17) is 0 Å². The third-order valence-corrected chi connectivity index (χ3v) is 5.66. The van der Waals surface area contributed by atoms with E-state index in [2.05, 4.69) is 28.4 Å². The highest BCUT2D eigenvalue weighted by atomic mass is 32.2. The normalized spacial score (nSPS) is 22.0. The molecule has 0 radical (unpaired) electrons. The molecular weight excluding hydrogens is 280 g/mol. The van der Waals surface area contributed by atoms with Crippen LogP contribution < -0.4 is 5.32 Å². The van der Waals surface area contributed by atoms with Crippen LogP contribution in [0, 0.1) is 0 Å². The predicted octanol–water partition coefficient (Wildman–Crippen LogP) is 2.70. The lowest BCUT2D eigenvalue weighted by Crippen LogP contribution is -2.36. The Labute approximate surface area is 131 Å². The van der Waals surface area contributed by atoms with E-state index in [-0.39, 0.29) is 11.2 Å². The molecule has 0 bridgehead atoms. The van der Waals surface area contributed by atoms with Crippen LogP contribution in [0.2, 0.25) is 0 Å². The number of nitrogens with zero attached hydrogens (tertiary/aromatic N) is 1. The highest BCUT2D eigenvalue weighted by Crippen LogP contribution is 2.36. The van der Waals surface area contributed by atoms with Crippen LogP contribution in [0.25, 0.3) is 0 Å². The number of nitrogens with one attached hydrogen (secondary N) is 1. The van der Waals surface area contributed by atoms with E-state index in [1.54, 1.807) is 11.8 Å². The van der Waals surface area contributed by atoms with Crippen LogP contribution in [0.5, 0.6) is 0 Å². The summed E-state index contributed by atoms with van der Waals surface area (Å²) in [7, 11) is 0. The first-order chi connectivity index (χ1) is 10.3. The fourth-order valence-corrected chi connectivity index (χ4v) is 4.36. The van der Waals surface area contributed by atoms with Crippen LogP contribution in [0.3, 0.4) is 0 Å². The minimum atomic E-state index is 0.0670. The van der Waals surface area contributed by atoms with Gasteiger partial charge in [0.25, 0.3) is 0 Å². The second-order valence-electron chi connectivity index (χ2n) is 5.97. The molecule has 114 valence electrons. The molecule has 2 heterocycles. The monoisotopic (exact) mass is 304 g/mol. The number of thioether (sulfide) groups is 1. The zero-order valence-electron chi connectivity index (χ0n) is 12.5. The summed E-state index contributed by atoms with van der Waals surface area (Å²) >= 11 is 1.71. The minimum Gasteiger partial charge on any atom is -0.355 e. The Bertz CT molecular complexity index is 460. The number of piperidine rings is 1. The summed E-state index contributed by atoms with van der Waals surface area (Å²) in [6.07, 6.45) is 5.99. The lowest BCUT2D eigenvalue weighted by molar-refractivity contribution is -0.120. The predicted molar refractivity (Wildman–Crippen MR) is 87.7 cm³/mol. The average Bonchev–Trinajstić information content (AvgIpc) is 2.96. The molecule has 3 rings (SSSR count). The van der Waals surface area contributed by atoms with Crippen molar-refractivity contribution in [3.63, 3.8) is 0 Å². The van der Waals surface area contributed by atoms with Crippen LogP contribution in [-0.2, 0) is 11.2 Å². The van der Waals surface area contributed by atoms with Crippen molar-refractivity contribution in [2.75, 3.05) is 26.2 Å². The van der Waals surface area contributed by atoms with Crippen molar-refractivity contribution in [1.29, 1.82) is 0 Å². The third kappa shape index (κ3) is 4.01. The largest absolute Gasteiger partial charge is 0.355 e. The van der Waals surface area contributed by atoms with Gasteiger partial charge in [-0.05, 0) is 56.9 Å². The Morgan fingerprint density at radius 2 is 2.05 bits per heavy atom. The highest BCUT2D eigenvalue weighted by Gasteiger charge is 2.27. The molecule has 2 aliphatic rings. The molecule has 1 fully saturated rings. The van der Waals surface area contributed by atoms with Gasteiger partial charge in [0.2, 0.25) is 5.91 Å². The molecule has 1 aromatic carbocycles. The first kappa shape index (κ1) is 14.9. The summed E-state index contributed by atoms with van der Waals surface area (Å²) in [6.45, 7) is 4.41. The first-order valence-corrected chi connectivity index (χ1v) is 8.95. The molecule has 1 saturated heterocycles. The molecule has 1 N–H and O–H groups in total. The van der Waals surface area contributed by atoms with E-state index in [1.807, 2.05) is 6.07 Å². The van der Waals surface area contributed by atoms with E-state index in [0.717, 1.165) is 25.9 Å². The van der Waals surface area contributed by atoms with Crippen molar-refractivity contribution in [2.45, 2.75) is 42.2 Å². The van der Waals surface area contributed by atoms with Gasteiger partial charge in [-0.3, -0.25) is 4.79 Å². The van der Waals surface area contributed by atoms with Gasteiger partial charge in [-0.25, -0.2) is 0 Å². The van der Waals surface area contributed by atoms with E-state index in [0.29, 0.717) is 0 Å². The number of carbonyl (C=O) groups excluding carboxylic acids is 1. The summed E-state index contributed by atoms with van der Waals surface area (Å²) in [5.74, 6) is 0.204. The zero-order valence-corrected chi connectivity index (χ0v) is 13.3. The van der Waals surface area contributed by atoms with Gasteiger partial charge in [0.15, 0.2) is 0 Å². The van der Waals surface area contributed by atoms with Crippen molar-refractivity contribution in [1.82, 2.24) is 10.2 Å². The van der Waals surface area contributed by atoms with Crippen molar-refractivity contribution in [3.05, 3.63) is 29.8 Å². The van der Waals surface area contributed by atoms with E-state index in [9.17, 15) is 4.79 Å². The summed E-state index contributed by atoms with van der Waals surface area (Å²) in [5.41, 5.74) is 1.32. The molecule has 1 amide bonds. The number of fused-ring (bicyclic) bond motifs is 1. The van der Waals surface area contributed by atoms with E-state index >= 15 is 0 Å². The molecule has 4 heteroatoms. The number of benzene rings is 1. The SMILES string of the molecule is O=C(NCCCN1CCCCC1)C1Cc2ccccc2S1. The molecule has 1 atom stereocenters. The Hall–Kier alpha value is -1.00. The molecular formula is C17H24N2OS. The van der Waals surface area contributed by atoms with Crippen molar-refractivity contribution in [2.24, 2.45) is 0 Å². The summed E-state index contributed by atoms with van der Waals surface area (Å²) in [6, 6.07) is 8.35. The van der Waals surface area contributed by atoms with Gasteiger partial charge in [-0.15, -0.1) is 11.8 Å². The van der Waals surface area contributed by atoms with Gasteiger partial charge in [0.05, 0.1) is 5.25 Å². The third-order valence-electron chi connectivity index (χ3n) is 4.34. The minimum absolute atomic E-state index is 0.0670. The van der Waals surface area contributed by atoms with Crippen LogP contribution in [0.15, 0.2) is 29.2 Å². The number of hydrogen-bond donors (Lipinski definition) is 1. The van der Waals surface area contributed by atoms with Crippen molar-refractivity contribution >= 4 is 17.7 Å². The number of likely N-dealkylation sites (tertiary alicyclic amines) is 1. The first-order valence-electron chi connectivity index (χ1n) is 8.07. The van der Waals surface area contributed by atoms with Crippen LogP contribution in [0.1, 0.15) is 31.2 Å². The molecule has 1 unspecified atom stereocenters. The molecule has 0 saturated carbocycles. The maximum atomic E-state index is 12.2. The fourth-order valence-electron chi connectivity index (χ4n) is 3.14. The molecule has 0 aliphatic carbocycles. The molecule has 2 aliphatic heterocycles. The van der Waals surface area contributed by atoms with Gasteiger partial charge < -0.3 is 10.2 Å². The van der Waals surface area contributed by atoms with E-state index in [1.165, 1.54) is 42.8 Å². The van der Waals surface area contributed by atoms with Gasteiger partial charge in [0, 0.05) is 11.4 Å². The second-order valence-corrected chi connectivity index (χ2v) is 7.21. The summed E-state index contributed by atoms with van der Waals surface area (Å²) < 4.78 is 0. The molecule has 3 nitrogen and oxygen atoms in total. The lowest BCUT2D eigenvalue weighted by Gasteiger charge is -2.26. The van der Waals surface area contributed by atoms with Gasteiger partial charge in [0.1, 0.15) is 0 Å². The standard InChI is InChI=1S/C17H24N2OS/c20-17(16-13-14-7-2-3-8-15(14)21-16)18-9-6-12-19-10-4-1-5-11-19/h2-3,7-8,16H,1,4-6,9-13H2,(H,18,20). The Morgan fingerprint density at radius 3 is 2.86 bits per heavy atom. The van der Waals surface area contributed by atoms with Gasteiger partial charge >= 0.3 is 0 Å². The Balaban J connectivity index is 1.36. The number of carbonyl (C=O) groups is 1. The topological polar surface area (TPSA) is 32.3 Å². The Morgan fingerprint density at radius 1 is 1.24 bits per heavy atom. The number of amides is 1. The van der Waals surface area contributed by atoms with E-state index < -0.39 is 0 Å². The Kier molecular flexibility index (Phi) is 5.20. The fraction of sp³-hybridized carbons (Fsp3) is 0.588. The summed E-state index contributed by atoms with van der Waals surface area (Å²) in [4.78, 5) is 16.0. The van der Waals surface area contributed by atoms with Gasteiger partial charge in [-0.2, -0.15) is 0 Å². The van der Waals surface area contributed by atoms with Crippen LogP contribution in [0.4, 0.5) is 0 Å². The highest BCUT2D eigenvalue weighted by molar-refractivity contribution is 8.01. The van der Waals surface area contributed by atoms with Gasteiger partial charge in [-0.1, -0.05) is 24.6 Å². The quantitative estimate of drug-likeness (QED) is 0.849. The molecule has 21 heavy (non-hydrogen) atoms. The number of hydrogen-bond acceptors (Lipinski definition) is 3. The lowest BCUT2D eigenvalue weighted by atomic mass is 10.1. The molecule has 1 aromatic rings.